The zero-order valence-corrected chi connectivity index (χ0v) is 5.99. The number of halogens is 1. The number of hydrogen-bond acceptors (Lipinski definition) is 1. The van der Waals surface area contributed by atoms with Crippen molar-refractivity contribution in [3.05, 3.63) is 0 Å². The molecule has 2 heteroatoms. The SMILES string of the molecule is C[C@@H](CCl)CCCO. The maximum atomic E-state index is 8.37. The Hall–Kier alpha value is 0.250. The molecule has 0 aromatic rings. The largest absolute Gasteiger partial charge is 0.396 e. The van der Waals surface area contributed by atoms with Crippen LogP contribution in [0.25, 0.3) is 0 Å². The highest BCUT2D eigenvalue weighted by atomic mass is 35.5. The van der Waals surface area contributed by atoms with E-state index < -0.39 is 0 Å². The first-order chi connectivity index (χ1) is 3.81. The third kappa shape index (κ3) is 4.41. The standard InChI is InChI=1S/C6H13ClO/c1-6(5-7)3-2-4-8/h6,8H,2-5H2,1H3/t6-/m1/s1. The minimum atomic E-state index is 0.293. The smallest absolute Gasteiger partial charge is 0.0431 e. The van der Waals surface area contributed by atoms with Crippen LogP contribution in [0.5, 0.6) is 0 Å². The van der Waals surface area contributed by atoms with Crippen LogP contribution in [0.2, 0.25) is 0 Å². The van der Waals surface area contributed by atoms with Gasteiger partial charge in [-0.2, -0.15) is 0 Å². The summed E-state index contributed by atoms with van der Waals surface area (Å²) in [5, 5.41) is 8.37. The molecular weight excluding hydrogens is 124 g/mol. The molecule has 8 heavy (non-hydrogen) atoms. The Bertz CT molecular complexity index is 47.8. The maximum Gasteiger partial charge on any atom is 0.0431 e. The molecule has 0 aromatic heterocycles. The third-order valence-electron chi connectivity index (χ3n) is 1.12. The van der Waals surface area contributed by atoms with Gasteiger partial charge < -0.3 is 5.11 Å². The van der Waals surface area contributed by atoms with Crippen molar-refractivity contribution in [3.8, 4) is 0 Å². The van der Waals surface area contributed by atoms with Crippen molar-refractivity contribution in [2.75, 3.05) is 12.5 Å². The van der Waals surface area contributed by atoms with Gasteiger partial charge in [-0.1, -0.05) is 6.92 Å². The Labute approximate surface area is 55.7 Å². The molecule has 0 bridgehead atoms. The summed E-state index contributed by atoms with van der Waals surface area (Å²) in [5.41, 5.74) is 0. The topological polar surface area (TPSA) is 20.2 Å². The molecule has 1 nitrogen and oxygen atoms in total. The first-order valence-electron chi connectivity index (χ1n) is 2.98. The van der Waals surface area contributed by atoms with Crippen molar-refractivity contribution in [3.63, 3.8) is 0 Å². The Balaban J connectivity index is 2.86. The fraction of sp³-hybridized carbons (Fsp3) is 1.00. The Morgan fingerprint density at radius 2 is 2.25 bits per heavy atom. The van der Waals surface area contributed by atoms with Crippen molar-refractivity contribution in [1.29, 1.82) is 0 Å². The fourth-order valence-corrected chi connectivity index (χ4v) is 0.671. The monoisotopic (exact) mass is 136 g/mol. The van der Waals surface area contributed by atoms with E-state index in [0.717, 1.165) is 12.8 Å². The van der Waals surface area contributed by atoms with Crippen molar-refractivity contribution >= 4 is 11.6 Å². The number of rotatable bonds is 4. The van der Waals surface area contributed by atoms with E-state index in [2.05, 4.69) is 6.92 Å². The van der Waals surface area contributed by atoms with E-state index in [4.69, 9.17) is 16.7 Å². The molecule has 0 radical (unpaired) electrons. The van der Waals surface area contributed by atoms with Gasteiger partial charge in [0.25, 0.3) is 0 Å². The second-order valence-corrected chi connectivity index (χ2v) is 2.43. The zero-order chi connectivity index (χ0) is 6.41. The zero-order valence-electron chi connectivity index (χ0n) is 5.23. The van der Waals surface area contributed by atoms with Gasteiger partial charge >= 0.3 is 0 Å². The van der Waals surface area contributed by atoms with E-state index in [1.165, 1.54) is 0 Å². The number of alkyl halides is 1. The van der Waals surface area contributed by atoms with Crippen LogP contribution in [0.15, 0.2) is 0 Å². The van der Waals surface area contributed by atoms with Gasteiger partial charge in [-0.25, -0.2) is 0 Å². The van der Waals surface area contributed by atoms with E-state index in [0.29, 0.717) is 18.4 Å². The molecule has 0 aromatic carbocycles. The Kier molecular flexibility index (Phi) is 5.56. The highest BCUT2D eigenvalue weighted by Crippen LogP contribution is 2.05. The van der Waals surface area contributed by atoms with E-state index >= 15 is 0 Å². The summed E-state index contributed by atoms with van der Waals surface area (Å²) in [6, 6.07) is 0. The van der Waals surface area contributed by atoms with Gasteiger partial charge in [0, 0.05) is 12.5 Å². The van der Waals surface area contributed by atoms with Gasteiger partial charge in [0.05, 0.1) is 0 Å². The molecule has 1 atom stereocenters. The summed E-state index contributed by atoms with van der Waals surface area (Å²) in [4.78, 5) is 0. The van der Waals surface area contributed by atoms with Crippen LogP contribution < -0.4 is 0 Å². The molecule has 0 unspecified atom stereocenters. The summed E-state index contributed by atoms with van der Waals surface area (Å²) in [6.45, 7) is 2.38. The van der Waals surface area contributed by atoms with Crippen LogP contribution in [-0.4, -0.2) is 17.6 Å². The lowest BCUT2D eigenvalue weighted by Gasteiger charge is -2.02. The van der Waals surface area contributed by atoms with E-state index in [-0.39, 0.29) is 0 Å². The summed E-state index contributed by atoms with van der Waals surface area (Å²) < 4.78 is 0. The average Bonchev–Trinajstić information content (AvgIpc) is 1.83. The predicted molar refractivity (Wildman–Crippen MR) is 36.2 cm³/mol. The highest BCUT2D eigenvalue weighted by Gasteiger charge is 1.96. The van der Waals surface area contributed by atoms with E-state index in [9.17, 15) is 0 Å². The summed E-state index contributed by atoms with van der Waals surface area (Å²) in [5.74, 6) is 1.27. The first-order valence-corrected chi connectivity index (χ1v) is 3.51. The molecule has 0 amide bonds. The number of aliphatic hydroxyl groups is 1. The second-order valence-electron chi connectivity index (χ2n) is 2.13. The second kappa shape index (κ2) is 5.39. The van der Waals surface area contributed by atoms with Crippen molar-refractivity contribution < 1.29 is 5.11 Å². The van der Waals surface area contributed by atoms with Crippen LogP contribution in [0.4, 0.5) is 0 Å². The van der Waals surface area contributed by atoms with Gasteiger partial charge in [0.15, 0.2) is 0 Å². The summed E-state index contributed by atoms with van der Waals surface area (Å²) in [7, 11) is 0. The Morgan fingerprint density at radius 1 is 1.62 bits per heavy atom. The molecule has 0 aliphatic heterocycles. The lowest BCUT2D eigenvalue weighted by atomic mass is 10.1. The van der Waals surface area contributed by atoms with Crippen LogP contribution in [0, 0.1) is 5.92 Å². The first kappa shape index (κ1) is 8.25. The van der Waals surface area contributed by atoms with Gasteiger partial charge in [0.1, 0.15) is 0 Å². The van der Waals surface area contributed by atoms with Crippen LogP contribution in [-0.2, 0) is 0 Å². The molecule has 0 aliphatic rings. The minimum absolute atomic E-state index is 0.293. The van der Waals surface area contributed by atoms with Gasteiger partial charge in [0.2, 0.25) is 0 Å². The quantitative estimate of drug-likeness (QED) is 0.583. The summed E-state index contributed by atoms with van der Waals surface area (Å²) >= 11 is 5.51. The lowest BCUT2D eigenvalue weighted by molar-refractivity contribution is 0.276. The fourth-order valence-electron chi connectivity index (χ4n) is 0.517. The van der Waals surface area contributed by atoms with Crippen molar-refractivity contribution in [2.24, 2.45) is 5.92 Å². The Morgan fingerprint density at radius 3 is 2.62 bits per heavy atom. The van der Waals surface area contributed by atoms with Gasteiger partial charge in [-0.15, -0.1) is 11.6 Å². The van der Waals surface area contributed by atoms with Gasteiger partial charge in [-0.05, 0) is 18.8 Å². The third-order valence-corrected chi connectivity index (χ3v) is 1.65. The molecule has 0 fully saturated rings. The van der Waals surface area contributed by atoms with Crippen molar-refractivity contribution in [1.82, 2.24) is 0 Å². The molecule has 50 valence electrons. The summed E-state index contributed by atoms with van der Waals surface area (Å²) in [6.07, 6.45) is 1.92. The average molecular weight is 137 g/mol. The molecule has 0 saturated carbocycles. The lowest BCUT2D eigenvalue weighted by Crippen LogP contribution is -1.96. The van der Waals surface area contributed by atoms with Crippen molar-refractivity contribution in [2.45, 2.75) is 19.8 Å². The normalized spacial score (nSPS) is 13.9. The van der Waals surface area contributed by atoms with Gasteiger partial charge in [-0.3, -0.25) is 0 Å². The van der Waals surface area contributed by atoms with E-state index in [1.807, 2.05) is 0 Å². The molecule has 0 spiro atoms. The van der Waals surface area contributed by atoms with Crippen LogP contribution in [0.1, 0.15) is 19.8 Å². The molecule has 0 aliphatic carbocycles. The van der Waals surface area contributed by atoms with Crippen LogP contribution in [0.3, 0.4) is 0 Å². The minimum Gasteiger partial charge on any atom is -0.396 e. The van der Waals surface area contributed by atoms with Crippen LogP contribution >= 0.6 is 11.6 Å². The number of aliphatic hydroxyl groups excluding tert-OH is 1. The molecule has 0 heterocycles. The highest BCUT2D eigenvalue weighted by molar-refractivity contribution is 6.18. The number of hydrogen-bond donors (Lipinski definition) is 1. The molecular formula is C6H13ClO. The van der Waals surface area contributed by atoms with E-state index in [1.54, 1.807) is 0 Å². The molecule has 0 rings (SSSR count). The predicted octanol–water partition coefficient (Wildman–Crippen LogP) is 1.63. The maximum absolute atomic E-state index is 8.37. The molecule has 0 saturated heterocycles. The molecule has 1 N–H and O–H groups in total.